The number of ether oxygens (including phenoxy) is 1. The summed E-state index contributed by atoms with van der Waals surface area (Å²) >= 11 is 0. The number of amides is 1. The Morgan fingerprint density at radius 2 is 2.00 bits per heavy atom. The van der Waals surface area contributed by atoms with Crippen LogP contribution in [-0.2, 0) is 11.2 Å². The summed E-state index contributed by atoms with van der Waals surface area (Å²) in [5.41, 5.74) is 4.20. The Balaban J connectivity index is 1.92. The summed E-state index contributed by atoms with van der Waals surface area (Å²) in [5, 5.41) is 20.2. The largest absolute Gasteiger partial charge is 0.493 e. The molecule has 1 heterocycles. The van der Waals surface area contributed by atoms with Crippen LogP contribution in [0, 0.1) is 17.2 Å². The average molecular weight is 470 g/mol. The molecule has 1 fully saturated rings. The molecule has 0 aliphatic heterocycles. The first-order valence-corrected chi connectivity index (χ1v) is 12.0. The molecule has 1 aromatic carbocycles. The number of carbonyl (C=O) groups is 1. The molecule has 1 aliphatic rings. The standard InChI is InChI=1S/C25H35N5O4/c1-4-6-19(26)21-22(27-3)25(32)29-23(28-21)18-14-16(9-12-20(18)34-5-2)13-15-7-10-17(11-8-15)24(31)30-33/h9,12,14-15,17,26-27,33H,4-8,10-11,13H2,1-3H3,(H,30,31)(H,28,29,32). The Morgan fingerprint density at radius 3 is 2.62 bits per heavy atom. The van der Waals surface area contributed by atoms with Gasteiger partial charge in [0.1, 0.15) is 23.0 Å². The number of aromatic nitrogens is 2. The number of aromatic amines is 1. The molecule has 9 nitrogen and oxygen atoms in total. The van der Waals surface area contributed by atoms with Crippen LogP contribution in [0.15, 0.2) is 23.0 Å². The van der Waals surface area contributed by atoms with Crippen molar-refractivity contribution in [2.24, 2.45) is 11.8 Å². The summed E-state index contributed by atoms with van der Waals surface area (Å²) < 4.78 is 5.83. The SMILES string of the molecule is CCCC(=N)c1nc(-c2cc(CC3CCC(C(=O)NO)CC3)ccc2OCC)[nH]c(=O)c1NC. The van der Waals surface area contributed by atoms with E-state index in [0.717, 1.165) is 44.1 Å². The van der Waals surface area contributed by atoms with E-state index in [9.17, 15) is 9.59 Å². The summed E-state index contributed by atoms with van der Waals surface area (Å²) in [6, 6.07) is 5.94. The summed E-state index contributed by atoms with van der Waals surface area (Å²) in [6.07, 6.45) is 5.47. The Bertz CT molecular complexity index is 1070. The zero-order valence-electron chi connectivity index (χ0n) is 20.2. The third-order valence-corrected chi connectivity index (χ3v) is 6.41. The van der Waals surface area contributed by atoms with Crippen LogP contribution < -0.4 is 21.1 Å². The van der Waals surface area contributed by atoms with Crippen LogP contribution in [0.2, 0.25) is 0 Å². The van der Waals surface area contributed by atoms with Gasteiger partial charge >= 0.3 is 0 Å². The normalized spacial score (nSPS) is 17.8. The highest BCUT2D eigenvalue weighted by Gasteiger charge is 2.26. The number of hydroxylamine groups is 1. The second-order valence-electron chi connectivity index (χ2n) is 8.78. The predicted molar refractivity (Wildman–Crippen MR) is 132 cm³/mol. The molecule has 0 atom stereocenters. The van der Waals surface area contributed by atoms with E-state index in [1.54, 1.807) is 12.5 Å². The molecule has 0 spiro atoms. The number of rotatable bonds is 10. The highest BCUT2D eigenvalue weighted by Crippen LogP contribution is 2.34. The number of carbonyl (C=O) groups excluding carboxylic acids is 1. The first-order valence-electron chi connectivity index (χ1n) is 12.0. The third-order valence-electron chi connectivity index (χ3n) is 6.41. The monoisotopic (exact) mass is 469 g/mol. The van der Waals surface area contributed by atoms with Gasteiger partial charge in [0.15, 0.2) is 0 Å². The number of nitrogens with one attached hydrogen (secondary N) is 4. The molecule has 1 amide bonds. The van der Waals surface area contributed by atoms with Gasteiger partial charge in [-0.1, -0.05) is 19.4 Å². The maximum atomic E-state index is 12.8. The Kier molecular flexibility index (Phi) is 8.81. The van der Waals surface area contributed by atoms with E-state index in [2.05, 4.69) is 15.3 Å². The van der Waals surface area contributed by atoms with Crippen molar-refractivity contribution >= 4 is 17.3 Å². The zero-order chi connectivity index (χ0) is 24.7. The lowest BCUT2D eigenvalue weighted by atomic mass is 9.79. The molecule has 1 saturated carbocycles. The van der Waals surface area contributed by atoms with Crippen molar-refractivity contribution in [1.82, 2.24) is 15.4 Å². The third kappa shape index (κ3) is 5.83. The van der Waals surface area contributed by atoms with E-state index < -0.39 is 0 Å². The number of anilines is 1. The molecule has 1 aliphatic carbocycles. The molecule has 0 radical (unpaired) electrons. The second-order valence-corrected chi connectivity index (χ2v) is 8.78. The Labute approximate surface area is 199 Å². The van der Waals surface area contributed by atoms with Gasteiger partial charge in [-0.15, -0.1) is 0 Å². The molecule has 5 N–H and O–H groups in total. The van der Waals surface area contributed by atoms with Crippen LogP contribution >= 0.6 is 0 Å². The topological polar surface area (TPSA) is 140 Å². The minimum atomic E-state index is -0.323. The molecule has 3 rings (SSSR count). The van der Waals surface area contributed by atoms with Crippen molar-refractivity contribution in [2.75, 3.05) is 19.0 Å². The van der Waals surface area contributed by atoms with Gasteiger partial charge < -0.3 is 20.4 Å². The van der Waals surface area contributed by atoms with Gasteiger partial charge in [-0.25, -0.2) is 10.5 Å². The average Bonchev–Trinajstić information content (AvgIpc) is 2.84. The second kappa shape index (κ2) is 11.8. The van der Waals surface area contributed by atoms with Gasteiger partial charge in [-0.2, -0.15) is 0 Å². The molecule has 1 aromatic heterocycles. The summed E-state index contributed by atoms with van der Waals surface area (Å²) in [6.45, 7) is 4.37. The van der Waals surface area contributed by atoms with Crippen molar-refractivity contribution < 1.29 is 14.7 Å². The number of H-pyrrole nitrogens is 1. The van der Waals surface area contributed by atoms with Crippen molar-refractivity contribution in [3.8, 4) is 17.1 Å². The molecule has 9 heteroatoms. The lowest BCUT2D eigenvalue weighted by Crippen LogP contribution is -2.31. The van der Waals surface area contributed by atoms with Crippen LogP contribution in [0.4, 0.5) is 5.69 Å². The maximum Gasteiger partial charge on any atom is 0.275 e. The fourth-order valence-electron chi connectivity index (χ4n) is 4.64. The van der Waals surface area contributed by atoms with Crippen LogP contribution in [0.3, 0.4) is 0 Å². The molecule has 0 bridgehead atoms. The van der Waals surface area contributed by atoms with Gasteiger partial charge in [0, 0.05) is 13.0 Å². The van der Waals surface area contributed by atoms with Crippen LogP contribution in [-0.4, -0.2) is 40.4 Å². The zero-order valence-corrected chi connectivity index (χ0v) is 20.2. The van der Waals surface area contributed by atoms with Gasteiger partial charge in [0.2, 0.25) is 5.91 Å². The number of hydrogen-bond acceptors (Lipinski definition) is 7. The molecule has 34 heavy (non-hydrogen) atoms. The lowest BCUT2D eigenvalue weighted by Gasteiger charge is -2.27. The van der Waals surface area contributed by atoms with E-state index in [-0.39, 0.29) is 17.4 Å². The number of hydrogen-bond donors (Lipinski definition) is 5. The fourth-order valence-corrected chi connectivity index (χ4v) is 4.64. The summed E-state index contributed by atoms with van der Waals surface area (Å²) in [4.78, 5) is 32.0. The van der Waals surface area contributed by atoms with E-state index in [1.165, 1.54) is 0 Å². The molecule has 0 saturated heterocycles. The van der Waals surface area contributed by atoms with E-state index in [1.807, 2.05) is 32.0 Å². The van der Waals surface area contributed by atoms with Gasteiger partial charge in [0.25, 0.3) is 5.56 Å². The van der Waals surface area contributed by atoms with Gasteiger partial charge in [-0.05, 0) is 69.1 Å². The highest BCUT2D eigenvalue weighted by atomic mass is 16.5. The minimum Gasteiger partial charge on any atom is -0.493 e. The van der Waals surface area contributed by atoms with Crippen molar-refractivity contribution in [3.05, 3.63) is 39.8 Å². The number of nitrogens with zero attached hydrogens (tertiary/aromatic N) is 1. The fraction of sp³-hybridized carbons (Fsp3) is 0.520. The summed E-state index contributed by atoms with van der Waals surface area (Å²) in [5.74, 6) is 1.01. The minimum absolute atomic E-state index is 0.131. The van der Waals surface area contributed by atoms with E-state index in [0.29, 0.717) is 53.2 Å². The molecule has 2 aromatic rings. The van der Waals surface area contributed by atoms with Crippen molar-refractivity contribution in [3.63, 3.8) is 0 Å². The Hall–Kier alpha value is -3.20. The Morgan fingerprint density at radius 1 is 1.26 bits per heavy atom. The van der Waals surface area contributed by atoms with Gasteiger partial charge in [0.05, 0.1) is 17.9 Å². The quantitative estimate of drug-likeness (QED) is 0.203. The van der Waals surface area contributed by atoms with Crippen molar-refractivity contribution in [1.29, 1.82) is 5.41 Å². The van der Waals surface area contributed by atoms with Crippen molar-refractivity contribution in [2.45, 2.75) is 58.8 Å². The van der Waals surface area contributed by atoms with Crippen LogP contribution in [0.5, 0.6) is 5.75 Å². The van der Waals surface area contributed by atoms with Crippen LogP contribution in [0.25, 0.3) is 11.4 Å². The highest BCUT2D eigenvalue weighted by molar-refractivity contribution is 6.01. The molecular weight excluding hydrogens is 434 g/mol. The first kappa shape index (κ1) is 25.4. The van der Waals surface area contributed by atoms with Gasteiger partial charge in [-0.3, -0.25) is 14.8 Å². The molecule has 0 unspecified atom stereocenters. The smallest absolute Gasteiger partial charge is 0.275 e. The molecule has 184 valence electrons. The maximum absolute atomic E-state index is 12.8. The first-order chi connectivity index (χ1) is 16.4. The lowest BCUT2D eigenvalue weighted by molar-refractivity contribution is -0.134. The van der Waals surface area contributed by atoms with E-state index >= 15 is 0 Å². The van der Waals surface area contributed by atoms with E-state index in [4.69, 9.17) is 15.4 Å². The number of benzene rings is 1. The molecular formula is C25H35N5O4. The predicted octanol–water partition coefficient (Wildman–Crippen LogP) is 3.90. The van der Waals surface area contributed by atoms with Crippen LogP contribution in [0.1, 0.15) is 63.6 Å². The summed E-state index contributed by atoms with van der Waals surface area (Å²) in [7, 11) is 1.65.